The molecule has 0 atom stereocenters. The number of hydrogen-bond donors (Lipinski definition) is 0. The smallest absolute Gasteiger partial charge is 0.192 e. The summed E-state index contributed by atoms with van der Waals surface area (Å²) in [6.45, 7) is 6.60. The summed E-state index contributed by atoms with van der Waals surface area (Å²) in [5.74, 6) is 3.02. The van der Waals surface area contributed by atoms with E-state index in [0.29, 0.717) is 18.0 Å². The number of thioether (sulfide) groups is 1. The molecule has 0 fully saturated rings. The van der Waals surface area contributed by atoms with Gasteiger partial charge in [-0.05, 0) is 24.6 Å². The summed E-state index contributed by atoms with van der Waals surface area (Å²) in [5, 5.41) is 9.68. The predicted molar refractivity (Wildman–Crippen MR) is 109 cm³/mol. The third-order valence-electron chi connectivity index (χ3n) is 4.09. The molecule has 2 aromatic carbocycles. The zero-order chi connectivity index (χ0) is 19.2. The van der Waals surface area contributed by atoms with Crippen LogP contribution in [-0.4, -0.2) is 29.0 Å². The minimum absolute atomic E-state index is 0.623. The fraction of sp³-hybridized carbons (Fsp3) is 0.238. The standard InChI is InChI=1S/C21H23N3O2S/c1-5-9-24-20(17-11-18(25-3)13-19(12-17)26-4)22-23-21(24)27-14-16-8-6-7-15(2)10-16/h5-8,10-13H,1,9,14H2,2-4H3. The number of aryl methyl sites for hydroxylation is 1. The van der Waals surface area contributed by atoms with Crippen molar-refractivity contribution in [2.24, 2.45) is 0 Å². The van der Waals surface area contributed by atoms with Gasteiger partial charge in [-0.2, -0.15) is 0 Å². The molecule has 1 aromatic heterocycles. The van der Waals surface area contributed by atoms with E-state index in [1.807, 2.05) is 24.3 Å². The van der Waals surface area contributed by atoms with Crippen LogP contribution in [0.15, 0.2) is 60.3 Å². The maximum absolute atomic E-state index is 5.38. The van der Waals surface area contributed by atoms with Crippen molar-refractivity contribution in [3.05, 3.63) is 66.2 Å². The lowest BCUT2D eigenvalue weighted by molar-refractivity contribution is 0.394. The van der Waals surface area contributed by atoms with Crippen LogP contribution in [0.25, 0.3) is 11.4 Å². The van der Waals surface area contributed by atoms with E-state index in [0.717, 1.165) is 22.3 Å². The van der Waals surface area contributed by atoms with E-state index in [9.17, 15) is 0 Å². The van der Waals surface area contributed by atoms with Gasteiger partial charge < -0.3 is 9.47 Å². The van der Waals surface area contributed by atoms with Crippen LogP contribution in [0.1, 0.15) is 11.1 Å². The fourth-order valence-electron chi connectivity index (χ4n) is 2.79. The first-order valence-corrected chi connectivity index (χ1v) is 9.59. The van der Waals surface area contributed by atoms with E-state index in [-0.39, 0.29) is 0 Å². The van der Waals surface area contributed by atoms with E-state index >= 15 is 0 Å². The molecule has 0 aliphatic rings. The number of methoxy groups -OCH3 is 2. The van der Waals surface area contributed by atoms with Gasteiger partial charge in [0.15, 0.2) is 11.0 Å². The molecule has 27 heavy (non-hydrogen) atoms. The summed E-state index contributed by atoms with van der Waals surface area (Å²) >= 11 is 1.66. The van der Waals surface area contributed by atoms with Gasteiger partial charge in [-0.3, -0.25) is 4.57 Å². The van der Waals surface area contributed by atoms with Gasteiger partial charge in [0.2, 0.25) is 0 Å². The SMILES string of the molecule is C=CCn1c(SCc2cccc(C)c2)nnc1-c1cc(OC)cc(OC)c1. The molecular formula is C21H23N3O2S. The first-order chi connectivity index (χ1) is 13.1. The molecule has 0 saturated heterocycles. The van der Waals surface area contributed by atoms with Crippen molar-refractivity contribution in [3.63, 3.8) is 0 Å². The van der Waals surface area contributed by atoms with Crippen molar-refractivity contribution in [2.45, 2.75) is 24.4 Å². The summed E-state index contributed by atoms with van der Waals surface area (Å²) in [7, 11) is 3.27. The average Bonchev–Trinajstić information content (AvgIpc) is 3.09. The summed E-state index contributed by atoms with van der Waals surface area (Å²) in [4.78, 5) is 0. The summed E-state index contributed by atoms with van der Waals surface area (Å²) in [6.07, 6.45) is 1.85. The molecule has 0 bridgehead atoms. The van der Waals surface area contributed by atoms with Crippen molar-refractivity contribution >= 4 is 11.8 Å². The maximum Gasteiger partial charge on any atom is 0.192 e. The van der Waals surface area contributed by atoms with Crippen molar-refractivity contribution in [2.75, 3.05) is 14.2 Å². The molecule has 0 spiro atoms. The van der Waals surface area contributed by atoms with E-state index < -0.39 is 0 Å². The lowest BCUT2D eigenvalue weighted by Gasteiger charge is -2.10. The summed E-state index contributed by atoms with van der Waals surface area (Å²) < 4.78 is 12.8. The molecule has 0 aliphatic carbocycles. The van der Waals surface area contributed by atoms with Crippen molar-refractivity contribution in [3.8, 4) is 22.9 Å². The number of rotatable bonds is 8. The van der Waals surface area contributed by atoms with Gasteiger partial charge in [0.25, 0.3) is 0 Å². The lowest BCUT2D eigenvalue weighted by Crippen LogP contribution is -2.01. The third-order valence-corrected chi connectivity index (χ3v) is 5.13. The van der Waals surface area contributed by atoms with Crippen molar-refractivity contribution in [1.82, 2.24) is 14.8 Å². The Kier molecular flexibility index (Phi) is 6.19. The van der Waals surface area contributed by atoms with Crippen LogP contribution in [0, 0.1) is 6.92 Å². The van der Waals surface area contributed by atoms with Crippen LogP contribution < -0.4 is 9.47 Å². The Balaban J connectivity index is 1.92. The van der Waals surface area contributed by atoms with Gasteiger partial charge in [0.05, 0.1) is 14.2 Å². The maximum atomic E-state index is 5.38. The van der Waals surface area contributed by atoms with Gasteiger partial charge in [-0.1, -0.05) is 47.7 Å². The first-order valence-electron chi connectivity index (χ1n) is 8.60. The molecule has 1 heterocycles. The Morgan fingerprint density at radius 3 is 2.44 bits per heavy atom. The Bertz CT molecular complexity index is 915. The first kappa shape index (κ1) is 19.0. The molecule has 3 rings (SSSR count). The molecule has 0 N–H and O–H groups in total. The number of aromatic nitrogens is 3. The minimum atomic E-state index is 0.623. The van der Waals surface area contributed by atoms with E-state index in [1.54, 1.807) is 26.0 Å². The Labute approximate surface area is 164 Å². The number of nitrogens with zero attached hydrogens (tertiary/aromatic N) is 3. The largest absolute Gasteiger partial charge is 0.497 e. The monoisotopic (exact) mass is 381 g/mol. The Hall–Kier alpha value is -2.73. The second-order valence-corrected chi connectivity index (χ2v) is 7.03. The highest BCUT2D eigenvalue weighted by Gasteiger charge is 2.15. The highest BCUT2D eigenvalue weighted by atomic mass is 32.2. The second-order valence-electron chi connectivity index (χ2n) is 6.08. The zero-order valence-electron chi connectivity index (χ0n) is 15.8. The molecule has 0 aliphatic heterocycles. The molecule has 6 heteroatoms. The Morgan fingerprint density at radius 1 is 1.07 bits per heavy atom. The zero-order valence-corrected chi connectivity index (χ0v) is 16.6. The molecule has 0 saturated carbocycles. The van der Waals surface area contributed by atoms with Crippen LogP contribution >= 0.6 is 11.8 Å². The highest BCUT2D eigenvalue weighted by Crippen LogP contribution is 2.31. The Morgan fingerprint density at radius 2 is 1.81 bits per heavy atom. The molecule has 0 unspecified atom stereocenters. The molecule has 5 nitrogen and oxygen atoms in total. The summed E-state index contributed by atoms with van der Waals surface area (Å²) in [6, 6.07) is 14.2. The van der Waals surface area contributed by atoms with Gasteiger partial charge in [0, 0.05) is 23.9 Å². The van der Waals surface area contributed by atoms with Crippen LogP contribution in [0.5, 0.6) is 11.5 Å². The second kappa shape index (κ2) is 8.77. The van der Waals surface area contributed by atoms with Gasteiger partial charge in [-0.25, -0.2) is 0 Å². The van der Waals surface area contributed by atoms with Gasteiger partial charge >= 0.3 is 0 Å². The van der Waals surface area contributed by atoms with Crippen LogP contribution in [0.2, 0.25) is 0 Å². The number of ether oxygens (including phenoxy) is 2. The molecule has 0 radical (unpaired) electrons. The quantitative estimate of drug-likeness (QED) is 0.416. The molecule has 3 aromatic rings. The average molecular weight is 382 g/mol. The number of allylic oxidation sites excluding steroid dienone is 1. The van der Waals surface area contributed by atoms with Crippen molar-refractivity contribution < 1.29 is 9.47 Å². The van der Waals surface area contributed by atoms with E-state index in [1.165, 1.54) is 11.1 Å². The van der Waals surface area contributed by atoms with Crippen LogP contribution in [0.3, 0.4) is 0 Å². The minimum Gasteiger partial charge on any atom is -0.497 e. The van der Waals surface area contributed by atoms with Crippen LogP contribution in [0.4, 0.5) is 0 Å². The third kappa shape index (κ3) is 4.52. The fourth-order valence-corrected chi connectivity index (χ4v) is 3.68. The predicted octanol–water partition coefficient (Wildman–Crippen LogP) is 4.75. The van der Waals surface area contributed by atoms with E-state index in [2.05, 4.69) is 52.5 Å². The summed E-state index contributed by atoms with van der Waals surface area (Å²) in [5.41, 5.74) is 3.41. The number of hydrogen-bond acceptors (Lipinski definition) is 5. The number of benzene rings is 2. The molecule has 0 amide bonds. The van der Waals surface area contributed by atoms with Gasteiger partial charge in [-0.15, -0.1) is 16.8 Å². The lowest BCUT2D eigenvalue weighted by atomic mass is 10.2. The normalized spacial score (nSPS) is 10.6. The highest BCUT2D eigenvalue weighted by molar-refractivity contribution is 7.98. The molecular weight excluding hydrogens is 358 g/mol. The topological polar surface area (TPSA) is 49.2 Å². The molecule has 140 valence electrons. The van der Waals surface area contributed by atoms with E-state index in [4.69, 9.17) is 9.47 Å². The van der Waals surface area contributed by atoms with Crippen molar-refractivity contribution in [1.29, 1.82) is 0 Å². The van der Waals surface area contributed by atoms with Gasteiger partial charge in [0.1, 0.15) is 11.5 Å². The van der Waals surface area contributed by atoms with Crippen LogP contribution in [-0.2, 0) is 12.3 Å².